The Morgan fingerprint density at radius 1 is 1.33 bits per heavy atom. The summed E-state index contributed by atoms with van der Waals surface area (Å²) in [5.74, 6) is 0. The standard InChI is InChI=1S/C11H19N3O/c1-11(2,8-15)7-14-10-4-9(12-3)5-13-6-10/h4-6,12,14-15H,7-8H2,1-3H3. The number of aliphatic hydroxyl groups is 1. The predicted molar refractivity (Wildman–Crippen MR) is 63.1 cm³/mol. The Labute approximate surface area is 90.7 Å². The first kappa shape index (κ1) is 11.8. The maximum absolute atomic E-state index is 9.10. The summed E-state index contributed by atoms with van der Waals surface area (Å²) in [4.78, 5) is 4.09. The molecule has 0 bridgehead atoms. The molecular formula is C11H19N3O. The lowest BCUT2D eigenvalue weighted by molar-refractivity contribution is 0.171. The van der Waals surface area contributed by atoms with E-state index in [0.717, 1.165) is 17.9 Å². The van der Waals surface area contributed by atoms with E-state index in [-0.39, 0.29) is 12.0 Å². The molecule has 0 aliphatic heterocycles. The number of nitrogens with one attached hydrogen (secondary N) is 2. The highest BCUT2D eigenvalue weighted by Gasteiger charge is 2.15. The van der Waals surface area contributed by atoms with Crippen LogP contribution in [-0.4, -0.2) is 30.3 Å². The molecule has 1 heterocycles. The van der Waals surface area contributed by atoms with Crippen molar-refractivity contribution in [2.24, 2.45) is 5.41 Å². The summed E-state index contributed by atoms with van der Waals surface area (Å²) < 4.78 is 0. The third-order valence-electron chi connectivity index (χ3n) is 2.23. The Hall–Kier alpha value is -1.29. The van der Waals surface area contributed by atoms with Crippen LogP contribution in [0.3, 0.4) is 0 Å². The van der Waals surface area contributed by atoms with Crippen LogP contribution in [0.2, 0.25) is 0 Å². The van der Waals surface area contributed by atoms with Crippen LogP contribution < -0.4 is 10.6 Å². The average molecular weight is 209 g/mol. The molecule has 4 nitrogen and oxygen atoms in total. The van der Waals surface area contributed by atoms with Crippen molar-refractivity contribution in [3.8, 4) is 0 Å². The molecule has 0 aliphatic rings. The second-order valence-electron chi connectivity index (χ2n) is 4.39. The number of aromatic nitrogens is 1. The van der Waals surface area contributed by atoms with Crippen molar-refractivity contribution in [1.82, 2.24) is 4.98 Å². The predicted octanol–water partition coefficient (Wildman–Crippen LogP) is 1.55. The molecule has 4 heteroatoms. The Balaban J connectivity index is 2.57. The molecule has 15 heavy (non-hydrogen) atoms. The van der Waals surface area contributed by atoms with E-state index in [1.807, 2.05) is 27.0 Å². The monoisotopic (exact) mass is 209 g/mol. The molecule has 0 aromatic carbocycles. The molecule has 0 saturated carbocycles. The van der Waals surface area contributed by atoms with Gasteiger partial charge in [0.2, 0.25) is 0 Å². The number of rotatable bonds is 5. The van der Waals surface area contributed by atoms with Gasteiger partial charge < -0.3 is 15.7 Å². The van der Waals surface area contributed by atoms with Crippen molar-refractivity contribution in [1.29, 1.82) is 0 Å². The van der Waals surface area contributed by atoms with Crippen LogP contribution in [0.1, 0.15) is 13.8 Å². The Morgan fingerprint density at radius 3 is 2.60 bits per heavy atom. The number of hydrogen-bond donors (Lipinski definition) is 3. The Morgan fingerprint density at radius 2 is 2.00 bits per heavy atom. The smallest absolute Gasteiger partial charge is 0.0547 e. The van der Waals surface area contributed by atoms with Gasteiger partial charge in [-0.3, -0.25) is 4.98 Å². The van der Waals surface area contributed by atoms with Crippen LogP contribution in [0.15, 0.2) is 18.5 Å². The van der Waals surface area contributed by atoms with E-state index in [0.29, 0.717) is 0 Å². The first-order valence-corrected chi connectivity index (χ1v) is 5.05. The van der Waals surface area contributed by atoms with Crippen molar-refractivity contribution >= 4 is 11.4 Å². The van der Waals surface area contributed by atoms with Gasteiger partial charge in [-0.05, 0) is 6.07 Å². The number of nitrogens with zero attached hydrogens (tertiary/aromatic N) is 1. The van der Waals surface area contributed by atoms with Gasteiger partial charge in [0.1, 0.15) is 0 Å². The van der Waals surface area contributed by atoms with Gasteiger partial charge in [-0.2, -0.15) is 0 Å². The van der Waals surface area contributed by atoms with Crippen molar-refractivity contribution < 1.29 is 5.11 Å². The van der Waals surface area contributed by atoms with E-state index >= 15 is 0 Å². The Bertz CT molecular complexity index is 312. The minimum absolute atomic E-state index is 0.115. The first-order valence-electron chi connectivity index (χ1n) is 5.05. The van der Waals surface area contributed by atoms with Gasteiger partial charge >= 0.3 is 0 Å². The summed E-state index contributed by atoms with van der Waals surface area (Å²) in [6.07, 6.45) is 3.54. The van der Waals surface area contributed by atoms with Gasteiger partial charge in [0, 0.05) is 25.6 Å². The zero-order valence-electron chi connectivity index (χ0n) is 9.54. The molecule has 84 valence electrons. The molecule has 0 unspecified atom stereocenters. The summed E-state index contributed by atoms with van der Waals surface area (Å²) >= 11 is 0. The van der Waals surface area contributed by atoms with Crippen molar-refractivity contribution in [2.75, 3.05) is 30.8 Å². The summed E-state index contributed by atoms with van der Waals surface area (Å²) in [6, 6.07) is 1.99. The molecule has 1 aromatic rings. The maximum Gasteiger partial charge on any atom is 0.0547 e. The minimum atomic E-state index is -0.115. The fourth-order valence-corrected chi connectivity index (χ4v) is 1.07. The fraction of sp³-hybridized carbons (Fsp3) is 0.545. The third-order valence-corrected chi connectivity index (χ3v) is 2.23. The maximum atomic E-state index is 9.10. The van der Waals surface area contributed by atoms with E-state index in [1.54, 1.807) is 12.4 Å². The Kier molecular flexibility index (Phi) is 3.91. The number of hydrogen-bond acceptors (Lipinski definition) is 4. The second-order valence-corrected chi connectivity index (χ2v) is 4.39. The largest absolute Gasteiger partial charge is 0.396 e. The van der Waals surface area contributed by atoms with E-state index in [2.05, 4.69) is 15.6 Å². The summed E-state index contributed by atoms with van der Waals surface area (Å²) in [5.41, 5.74) is 1.82. The number of pyridine rings is 1. The summed E-state index contributed by atoms with van der Waals surface area (Å²) in [7, 11) is 1.86. The molecule has 0 radical (unpaired) electrons. The molecular weight excluding hydrogens is 190 g/mol. The normalized spacial score (nSPS) is 11.2. The number of aliphatic hydroxyl groups excluding tert-OH is 1. The van der Waals surface area contributed by atoms with Crippen LogP contribution in [0.25, 0.3) is 0 Å². The highest BCUT2D eigenvalue weighted by atomic mass is 16.3. The fourth-order valence-electron chi connectivity index (χ4n) is 1.07. The average Bonchev–Trinajstić information content (AvgIpc) is 2.27. The lowest BCUT2D eigenvalue weighted by atomic mass is 9.95. The van der Waals surface area contributed by atoms with E-state index in [1.165, 1.54) is 0 Å². The van der Waals surface area contributed by atoms with Crippen molar-refractivity contribution in [2.45, 2.75) is 13.8 Å². The molecule has 0 saturated heterocycles. The summed E-state index contributed by atoms with van der Waals surface area (Å²) in [6.45, 7) is 4.90. The highest BCUT2D eigenvalue weighted by molar-refractivity contribution is 5.53. The van der Waals surface area contributed by atoms with Crippen LogP contribution >= 0.6 is 0 Å². The van der Waals surface area contributed by atoms with Gasteiger partial charge in [0.15, 0.2) is 0 Å². The van der Waals surface area contributed by atoms with Gasteiger partial charge in [-0.1, -0.05) is 13.8 Å². The number of anilines is 2. The van der Waals surface area contributed by atoms with E-state index < -0.39 is 0 Å². The minimum Gasteiger partial charge on any atom is -0.396 e. The zero-order chi connectivity index (χ0) is 11.3. The van der Waals surface area contributed by atoms with Crippen LogP contribution in [0.4, 0.5) is 11.4 Å². The van der Waals surface area contributed by atoms with E-state index in [4.69, 9.17) is 5.11 Å². The van der Waals surface area contributed by atoms with Gasteiger partial charge in [-0.15, -0.1) is 0 Å². The van der Waals surface area contributed by atoms with Crippen LogP contribution in [0.5, 0.6) is 0 Å². The molecule has 1 aromatic heterocycles. The van der Waals surface area contributed by atoms with Gasteiger partial charge in [0.25, 0.3) is 0 Å². The van der Waals surface area contributed by atoms with Crippen LogP contribution in [-0.2, 0) is 0 Å². The summed E-state index contributed by atoms with van der Waals surface area (Å²) in [5, 5.41) is 15.4. The van der Waals surface area contributed by atoms with Gasteiger partial charge in [0.05, 0.1) is 23.8 Å². The SMILES string of the molecule is CNc1cncc(NCC(C)(C)CO)c1. The van der Waals surface area contributed by atoms with E-state index in [9.17, 15) is 0 Å². The molecule has 0 amide bonds. The molecule has 0 atom stereocenters. The topological polar surface area (TPSA) is 57.2 Å². The van der Waals surface area contributed by atoms with Crippen molar-refractivity contribution in [3.05, 3.63) is 18.5 Å². The van der Waals surface area contributed by atoms with Crippen molar-refractivity contribution in [3.63, 3.8) is 0 Å². The highest BCUT2D eigenvalue weighted by Crippen LogP contribution is 2.17. The lowest BCUT2D eigenvalue weighted by Gasteiger charge is -2.22. The molecule has 3 N–H and O–H groups in total. The van der Waals surface area contributed by atoms with Crippen LogP contribution in [0, 0.1) is 5.41 Å². The molecule has 0 aliphatic carbocycles. The third kappa shape index (κ3) is 3.75. The molecule has 0 fully saturated rings. The first-order chi connectivity index (χ1) is 7.07. The second kappa shape index (κ2) is 4.98. The lowest BCUT2D eigenvalue weighted by Crippen LogP contribution is -2.26. The zero-order valence-corrected chi connectivity index (χ0v) is 9.54. The molecule has 1 rings (SSSR count). The van der Waals surface area contributed by atoms with Gasteiger partial charge in [-0.25, -0.2) is 0 Å². The molecule has 0 spiro atoms. The quantitative estimate of drug-likeness (QED) is 0.688.